The Labute approximate surface area is 374 Å². The number of ketones is 3. The van der Waals surface area contributed by atoms with Crippen molar-refractivity contribution in [2.24, 2.45) is 23.3 Å². The third-order valence-electron chi connectivity index (χ3n) is 12.6. The van der Waals surface area contributed by atoms with E-state index < -0.39 is 41.5 Å². The van der Waals surface area contributed by atoms with Gasteiger partial charge in [0.1, 0.15) is 24.1 Å². The van der Waals surface area contributed by atoms with Gasteiger partial charge in [-0.25, -0.2) is 9.97 Å². The zero-order valence-electron chi connectivity index (χ0n) is 37.6. The molecule has 2 heterocycles. The third kappa shape index (κ3) is 10.2. The number of nitriles is 1. The van der Waals surface area contributed by atoms with Crippen molar-refractivity contribution in [3.05, 3.63) is 93.8 Å². The van der Waals surface area contributed by atoms with Gasteiger partial charge in [-0.2, -0.15) is 5.26 Å². The second-order valence-electron chi connectivity index (χ2n) is 17.8. The van der Waals surface area contributed by atoms with Crippen LogP contribution >= 0.6 is 0 Å². The van der Waals surface area contributed by atoms with Crippen LogP contribution in [0.5, 0.6) is 11.5 Å². The van der Waals surface area contributed by atoms with Crippen LogP contribution in [0.4, 0.5) is 0 Å². The molecule has 1 aliphatic carbocycles. The van der Waals surface area contributed by atoms with Gasteiger partial charge in [-0.1, -0.05) is 45.0 Å². The van der Waals surface area contributed by atoms with Gasteiger partial charge in [-0.05, 0) is 104 Å². The number of aryl methyl sites for hydroxylation is 3. The highest BCUT2D eigenvalue weighted by Crippen LogP contribution is 2.42. The zero-order chi connectivity index (χ0) is 46.5. The predicted octanol–water partition coefficient (Wildman–Crippen LogP) is 5.94. The lowest BCUT2D eigenvalue weighted by atomic mass is 9.86. The first-order valence-electron chi connectivity index (χ1n) is 22.0. The molecule has 2 aliphatic rings. The maximum absolute atomic E-state index is 14.7. The number of phenolic OH excluding ortho intramolecular Hbond substituents is 1. The van der Waals surface area contributed by atoms with Crippen LogP contribution in [0.3, 0.4) is 0 Å². The lowest BCUT2D eigenvalue weighted by Crippen LogP contribution is -2.46. The molecule has 4 aromatic rings. The molecule has 0 fully saturated rings. The molecule has 0 radical (unpaired) electrons. The Balaban J connectivity index is 1.35. The van der Waals surface area contributed by atoms with Crippen LogP contribution in [0.2, 0.25) is 0 Å². The van der Waals surface area contributed by atoms with Crippen LogP contribution in [-0.2, 0) is 37.4 Å². The summed E-state index contributed by atoms with van der Waals surface area (Å²) in [6.07, 6.45) is 1.56. The van der Waals surface area contributed by atoms with Gasteiger partial charge in [0.05, 0.1) is 29.1 Å². The number of rotatable bonds is 14. The molecule has 0 saturated carbocycles. The monoisotopic (exact) mass is 869 g/mol. The summed E-state index contributed by atoms with van der Waals surface area (Å²) in [5.74, 6) is -3.35. The summed E-state index contributed by atoms with van der Waals surface area (Å²) in [6, 6.07) is 15.7. The number of nitrogens with one attached hydrogen (secondary N) is 1. The molecule has 0 unspecified atom stereocenters. The van der Waals surface area contributed by atoms with Crippen LogP contribution in [-0.4, -0.2) is 81.9 Å². The smallest absolute Gasteiger partial charge is 0.226 e. The summed E-state index contributed by atoms with van der Waals surface area (Å²) in [5, 5.41) is 23.2. The predicted molar refractivity (Wildman–Crippen MR) is 242 cm³/mol. The van der Waals surface area contributed by atoms with Gasteiger partial charge in [0.2, 0.25) is 11.8 Å². The molecule has 64 heavy (non-hydrogen) atoms. The molecule has 14 nitrogen and oxygen atoms in total. The molecule has 0 saturated heterocycles. The summed E-state index contributed by atoms with van der Waals surface area (Å²) in [4.78, 5) is 81.5. The van der Waals surface area contributed by atoms with Crippen molar-refractivity contribution in [3.63, 3.8) is 0 Å². The Hall–Kier alpha value is -6.30. The van der Waals surface area contributed by atoms with E-state index in [-0.39, 0.29) is 81.0 Å². The topological polar surface area (TPSA) is 232 Å². The minimum atomic E-state index is -1.26. The Morgan fingerprint density at radius 2 is 1.73 bits per heavy atom. The van der Waals surface area contributed by atoms with Crippen molar-refractivity contribution in [2.45, 2.75) is 103 Å². The number of aromatic hydroxyl groups is 1. The Morgan fingerprint density at radius 3 is 2.42 bits per heavy atom. The van der Waals surface area contributed by atoms with E-state index in [1.165, 1.54) is 29.1 Å². The van der Waals surface area contributed by atoms with E-state index in [1.54, 1.807) is 51.1 Å². The number of nitrogens with two attached hydrogens (primary N) is 2. The third-order valence-corrected chi connectivity index (χ3v) is 12.6. The first-order chi connectivity index (χ1) is 30.5. The number of fused-ring (bicyclic) bond motifs is 6. The number of amides is 2. The number of carbonyl (C=O) groups excluding carboxylic acids is 5. The number of phenols is 1. The van der Waals surface area contributed by atoms with Gasteiger partial charge in [0, 0.05) is 67.8 Å². The fraction of sp³-hybridized carbons (Fsp3) is 0.440. The minimum Gasteiger partial charge on any atom is -0.507 e. The van der Waals surface area contributed by atoms with E-state index in [4.69, 9.17) is 26.2 Å². The largest absolute Gasteiger partial charge is 0.507 e. The van der Waals surface area contributed by atoms with Crippen molar-refractivity contribution in [3.8, 4) is 40.1 Å². The number of benzene rings is 3. The van der Waals surface area contributed by atoms with Gasteiger partial charge < -0.3 is 31.5 Å². The van der Waals surface area contributed by atoms with E-state index in [0.29, 0.717) is 50.8 Å². The maximum atomic E-state index is 14.7. The highest BCUT2D eigenvalue weighted by molar-refractivity contribution is 6.01. The van der Waals surface area contributed by atoms with Gasteiger partial charge in [0.25, 0.3) is 0 Å². The van der Waals surface area contributed by atoms with Crippen LogP contribution in [0.25, 0.3) is 22.5 Å². The Bertz CT molecular complexity index is 2490. The van der Waals surface area contributed by atoms with Crippen molar-refractivity contribution in [1.82, 2.24) is 20.2 Å². The normalized spacial score (nSPS) is 18.5. The molecule has 2 amide bonds. The molecule has 3 aromatic carbocycles. The molecule has 14 heteroatoms. The van der Waals surface area contributed by atoms with Crippen LogP contribution in [0.15, 0.2) is 54.6 Å². The van der Waals surface area contributed by atoms with Crippen molar-refractivity contribution in [1.29, 1.82) is 5.26 Å². The number of ether oxygens (including phenoxy) is 1. The SMILES string of the molecule is Cc1nc(-c2ccc3c(c2)CCC3(C)C)nc(C)c1C(=O)C[C@@H](CCN)C(=O)N(C)[C@@H]1C(=O)C[C@@H](C)C(=O)N[C@H](C(=O)CCC#N)Cc2ccc(O)c(c2)-c2cc1ccc2OCCN. The van der Waals surface area contributed by atoms with Crippen molar-refractivity contribution in [2.75, 3.05) is 26.7 Å². The van der Waals surface area contributed by atoms with E-state index in [0.717, 1.165) is 18.4 Å². The number of carbonyl (C=O) groups is 5. The fourth-order valence-corrected chi connectivity index (χ4v) is 9.11. The molecular formula is C50H59N7O7. The van der Waals surface area contributed by atoms with Gasteiger partial charge >= 0.3 is 0 Å². The highest BCUT2D eigenvalue weighted by Gasteiger charge is 2.37. The van der Waals surface area contributed by atoms with Gasteiger partial charge in [-0.3, -0.25) is 24.0 Å². The van der Waals surface area contributed by atoms with Crippen LogP contribution < -0.4 is 21.5 Å². The quantitative estimate of drug-likeness (QED) is 0.108. The van der Waals surface area contributed by atoms with E-state index >= 15 is 0 Å². The molecule has 336 valence electrons. The first-order valence-corrected chi connectivity index (χ1v) is 22.0. The maximum Gasteiger partial charge on any atom is 0.226 e. The lowest BCUT2D eigenvalue weighted by molar-refractivity contribution is -0.142. The second kappa shape index (κ2) is 20.0. The van der Waals surface area contributed by atoms with Gasteiger partial charge in [0.15, 0.2) is 23.2 Å². The lowest BCUT2D eigenvalue weighted by Gasteiger charge is -2.32. The Kier molecular flexibility index (Phi) is 14.8. The van der Waals surface area contributed by atoms with Crippen molar-refractivity contribution >= 4 is 29.2 Å². The summed E-state index contributed by atoms with van der Waals surface area (Å²) in [5.41, 5.74) is 18.4. The average Bonchev–Trinajstić information content (AvgIpc) is 3.57. The zero-order valence-corrected chi connectivity index (χ0v) is 37.6. The summed E-state index contributed by atoms with van der Waals surface area (Å²) in [7, 11) is 1.49. The second-order valence-corrected chi connectivity index (χ2v) is 17.8. The number of aromatic nitrogens is 2. The summed E-state index contributed by atoms with van der Waals surface area (Å²) in [6.45, 7) is 9.99. The van der Waals surface area contributed by atoms with Crippen LogP contribution in [0.1, 0.15) is 109 Å². The number of Topliss-reactive ketones (excluding diaryl/α,β-unsaturated/α-hetero) is 3. The molecule has 1 aliphatic heterocycles. The molecule has 6 rings (SSSR count). The number of nitrogens with zero attached hydrogens (tertiary/aromatic N) is 4. The molecule has 6 N–H and O–H groups in total. The summed E-state index contributed by atoms with van der Waals surface area (Å²) < 4.78 is 6.02. The molecule has 0 spiro atoms. The first kappa shape index (κ1) is 47.2. The molecular weight excluding hydrogens is 811 g/mol. The molecule has 4 atom stereocenters. The highest BCUT2D eigenvalue weighted by atomic mass is 16.5. The number of hydrogen-bond acceptors (Lipinski definition) is 12. The van der Waals surface area contributed by atoms with E-state index in [1.807, 2.05) is 12.1 Å². The number of likely N-dealkylation sites (N-methyl/N-ethyl adjacent to an activating group) is 1. The van der Waals surface area contributed by atoms with Crippen molar-refractivity contribution < 1.29 is 33.8 Å². The standard InChI is InChI=1S/C50H59N7O7/c1-28-22-43(61)46(33-11-14-44(64-21-20-53)37(26-33)36-23-31(9-13-40(36)58)24-39(56-48(28)62)41(59)8-7-18-51)57(6)49(63)35(16-19-52)27-42(60)45-29(2)54-47(55-30(45)3)34-10-12-38-32(25-34)15-17-50(38,4)5/h9-14,23,25-26,28,35,39,46,58H,7-8,15-17,19-22,24,27,52-53H2,1-6H3,(H,56,62)/t28-,35-,39+,46+/m1/s1. The minimum absolute atomic E-state index is 0.0405. The average molecular weight is 870 g/mol. The molecule has 1 aromatic heterocycles. The fourth-order valence-electron chi connectivity index (χ4n) is 9.11. The van der Waals surface area contributed by atoms with Gasteiger partial charge in [-0.15, -0.1) is 0 Å². The van der Waals surface area contributed by atoms with E-state index in [9.17, 15) is 34.3 Å². The number of hydrogen-bond donors (Lipinski definition) is 4. The Morgan fingerprint density at radius 1 is 1.00 bits per heavy atom. The van der Waals surface area contributed by atoms with Crippen LogP contribution in [0, 0.1) is 37.0 Å². The summed E-state index contributed by atoms with van der Waals surface area (Å²) >= 11 is 0. The molecule has 4 bridgehead atoms. The van der Waals surface area contributed by atoms with E-state index in [2.05, 4.69) is 31.3 Å².